The second kappa shape index (κ2) is 11.0. The molecule has 10 nitrogen and oxygen atoms in total. The number of nitrogens with one attached hydrogen (secondary N) is 2. The van der Waals surface area contributed by atoms with E-state index in [1.165, 1.54) is 0 Å². The lowest BCUT2D eigenvalue weighted by Crippen LogP contribution is -2.52. The van der Waals surface area contributed by atoms with Crippen LogP contribution in [0.25, 0.3) is 11.0 Å². The van der Waals surface area contributed by atoms with E-state index >= 15 is 0 Å². The molecule has 0 bridgehead atoms. The molecular formula is C25H28N4O6. The molecule has 10 heteroatoms. The van der Waals surface area contributed by atoms with Gasteiger partial charge in [-0.3, -0.25) is 9.59 Å². The number of piperidine rings is 1. The molecule has 2 aromatic carbocycles. The van der Waals surface area contributed by atoms with Crippen LogP contribution in [0.5, 0.6) is 5.75 Å². The van der Waals surface area contributed by atoms with Crippen LogP contribution in [-0.4, -0.2) is 74.7 Å². The number of likely N-dealkylation sites (tertiary alicyclic amines) is 1. The normalized spacial score (nSPS) is 15.1. The third-order valence-electron chi connectivity index (χ3n) is 5.97. The maximum atomic E-state index is 13.4. The molecule has 0 spiro atoms. The molecule has 1 aliphatic heterocycles. The van der Waals surface area contributed by atoms with E-state index in [1.807, 2.05) is 24.3 Å². The van der Waals surface area contributed by atoms with Gasteiger partial charge < -0.3 is 30.2 Å². The number of carbonyl (C=O) groups is 3. The predicted molar refractivity (Wildman–Crippen MR) is 127 cm³/mol. The zero-order chi connectivity index (χ0) is 24.8. The molecule has 4 rings (SSSR count). The molecule has 1 aromatic heterocycles. The molecule has 0 saturated carbocycles. The average molecular weight is 481 g/mol. The SMILES string of the molecule is O=C(O)COC1CCN(C(=O)[C@H](Cc2ccc(O)cc2)NC(=O)Cc2nc3ccccc3[nH]2)CC1. The number of hydrogen-bond donors (Lipinski definition) is 4. The number of nitrogens with zero attached hydrogens (tertiary/aromatic N) is 2. The Balaban J connectivity index is 1.42. The molecule has 35 heavy (non-hydrogen) atoms. The zero-order valence-corrected chi connectivity index (χ0v) is 19.1. The van der Waals surface area contributed by atoms with Crippen molar-refractivity contribution >= 4 is 28.8 Å². The minimum Gasteiger partial charge on any atom is -0.508 e. The van der Waals surface area contributed by atoms with Gasteiger partial charge in [-0.25, -0.2) is 9.78 Å². The molecule has 0 unspecified atom stereocenters. The van der Waals surface area contributed by atoms with Gasteiger partial charge in [-0.15, -0.1) is 0 Å². The van der Waals surface area contributed by atoms with E-state index in [0.29, 0.717) is 31.8 Å². The first kappa shape index (κ1) is 24.2. The van der Waals surface area contributed by atoms with E-state index in [2.05, 4.69) is 15.3 Å². The van der Waals surface area contributed by atoms with Crippen LogP contribution in [0.15, 0.2) is 48.5 Å². The van der Waals surface area contributed by atoms with Gasteiger partial charge >= 0.3 is 5.97 Å². The Hall–Kier alpha value is -3.92. The van der Waals surface area contributed by atoms with E-state index in [1.54, 1.807) is 29.2 Å². The summed E-state index contributed by atoms with van der Waals surface area (Å²) in [6, 6.07) is 13.2. The summed E-state index contributed by atoms with van der Waals surface area (Å²) in [5.74, 6) is -0.942. The highest BCUT2D eigenvalue weighted by atomic mass is 16.5. The van der Waals surface area contributed by atoms with Gasteiger partial charge in [0.15, 0.2) is 0 Å². The van der Waals surface area contributed by atoms with Crippen molar-refractivity contribution in [1.82, 2.24) is 20.2 Å². The predicted octanol–water partition coefficient (Wildman–Crippen LogP) is 1.63. The molecule has 4 N–H and O–H groups in total. The number of carbonyl (C=O) groups excluding carboxylic acids is 2. The number of ether oxygens (including phenoxy) is 1. The van der Waals surface area contributed by atoms with Crippen molar-refractivity contribution in [3.8, 4) is 5.75 Å². The Bertz CT molecular complexity index is 1150. The van der Waals surface area contributed by atoms with Crippen molar-refractivity contribution in [1.29, 1.82) is 0 Å². The molecule has 0 aliphatic carbocycles. The summed E-state index contributed by atoms with van der Waals surface area (Å²) in [7, 11) is 0. The number of carboxylic acid groups (broad SMARTS) is 1. The summed E-state index contributed by atoms with van der Waals surface area (Å²) in [4.78, 5) is 46.2. The Morgan fingerprint density at radius 1 is 1.11 bits per heavy atom. The Labute approximate surface area is 201 Å². The van der Waals surface area contributed by atoms with Crippen molar-refractivity contribution < 1.29 is 29.3 Å². The highest BCUT2D eigenvalue weighted by molar-refractivity contribution is 5.89. The second-order valence-electron chi connectivity index (χ2n) is 8.60. The molecular weight excluding hydrogens is 452 g/mol. The number of rotatable bonds is 9. The van der Waals surface area contributed by atoms with Crippen LogP contribution in [0.2, 0.25) is 0 Å². The number of imidazole rings is 1. The second-order valence-corrected chi connectivity index (χ2v) is 8.60. The number of para-hydroxylation sites is 2. The lowest BCUT2D eigenvalue weighted by Gasteiger charge is -2.34. The number of fused-ring (bicyclic) bond motifs is 1. The van der Waals surface area contributed by atoms with Crippen molar-refractivity contribution in [3.05, 3.63) is 59.9 Å². The van der Waals surface area contributed by atoms with Crippen molar-refractivity contribution in [2.75, 3.05) is 19.7 Å². The lowest BCUT2D eigenvalue weighted by atomic mass is 10.0. The number of benzene rings is 2. The van der Waals surface area contributed by atoms with Crippen LogP contribution in [0.4, 0.5) is 0 Å². The van der Waals surface area contributed by atoms with Crippen LogP contribution in [0.3, 0.4) is 0 Å². The van der Waals surface area contributed by atoms with Gasteiger partial charge in [0, 0.05) is 19.5 Å². The molecule has 184 valence electrons. The first-order valence-corrected chi connectivity index (χ1v) is 11.5. The van der Waals surface area contributed by atoms with E-state index in [9.17, 15) is 19.5 Å². The molecule has 2 heterocycles. The average Bonchev–Trinajstić information content (AvgIpc) is 3.25. The highest BCUT2D eigenvalue weighted by Gasteiger charge is 2.30. The van der Waals surface area contributed by atoms with Gasteiger partial charge in [-0.1, -0.05) is 24.3 Å². The largest absolute Gasteiger partial charge is 0.508 e. The topological polar surface area (TPSA) is 145 Å². The fourth-order valence-electron chi connectivity index (χ4n) is 4.21. The zero-order valence-electron chi connectivity index (χ0n) is 19.1. The number of H-pyrrole nitrogens is 1. The molecule has 1 aliphatic rings. The van der Waals surface area contributed by atoms with Crippen LogP contribution in [0, 0.1) is 0 Å². The van der Waals surface area contributed by atoms with Crippen LogP contribution in [-0.2, 0) is 32.0 Å². The Morgan fingerprint density at radius 2 is 1.83 bits per heavy atom. The summed E-state index contributed by atoms with van der Waals surface area (Å²) in [6.45, 7) is 0.462. The maximum Gasteiger partial charge on any atom is 0.329 e. The molecule has 0 radical (unpaired) electrons. The number of phenolic OH excluding ortho intramolecular Hbond substituents is 1. The lowest BCUT2D eigenvalue weighted by molar-refractivity contribution is -0.147. The van der Waals surface area contributed by atoms with Gasteiger partial charge in [0.1, 0.15) is 24.2 Å². The number of aromatic nitrogens is 2. The monoisotopic (exact) mass is 480 g/mol. The summed E-state index contributed by atoms with van der Waals surface area (Å²) < 4.78 is 5.35. The number of amides is 2. The van der Waals surface area contributed by atoms with Crippen LogP contribution >= 0.6 is 0 Å². The minimum atomic E-state index is -1.02. The quantitative estimate of drug-likeness (QED) is 0.364. The van der Waals surface area contributed by atoms with Crippen molar-refractivity contribution in [2.45, 2.75) is 37.8 Å². The summed E-state index contributed by atoms with van der Waals surface area (Å²) in [5.41, 5.74) is 2.39. The van der Waals surface area contributed by atoms with E-state index in [4.69, 9.17) is 9.84 Å². The van der Waals surface area contributed by atoms with Gasteiger partial charge in [0.05, 0.1) is 23.6 Å². The third-order valence-corrected chi connectivity index (χ3v) is 5.97. The molecule has 1 atom stereocenters. The van der Waals surface area contributed by atoms with E-state index in [0.717, 1.165) is 16.6 Å². The fraction of sp³-hybridized carbons (Fsp3) is 0.360. The van der Waals surface area contributed by atoms with Gasteiger partial charge in [-0.2, -0.15) is 0 Å². The molecule has 1 fully saturated rings. The first-order valence-electron chi connectivity index (χ1n) is 11.5. The number of hydrogen-bond acceptors (Lipinski definition) is 6. The molecule has 3 aromatic rings. The Kier molecular flexibility index (Phi) is 7.61. The van der Waals surface area contributed by atoms with Crippen LogP contribution < -0.4 is 5.32 Å². The number of phenols is 1. The van der Waals surface area contributed by atoms with Crippen molar-refractivity contribution in [2.24, 2.45) is 0 Å². The first-order chi connectivity index (χ1) is 16.9. The van der Waals surface area contributed by atoms with Gasteiger partial charge in [-0.05, 0) is 42.7 Å². The van der Waals surface area contributed by atoms with Gasteiger partial charge in [0.25, 0.3) is 0 Å². The fourth-order valence-corrected chi connectivity index (χ4v) is 4.21. The standard InChI is InChI=1S/C25H28N4O6/c30-17-7-5-16(6-8-17)13-21(25(34)29-11-9-18(10-12-29)35-15-24(32)33)28-23(31)14-22-26-19-3-1-2-4-20(19)27-22/h1-8,18,21,30H,9-15H2,(H,26,27)(H,28,31)(H,32,33)/t21-/m0/s1. The minimum absolute atomic E-state index is 0.000853. The number of aliphatic carboxylic acids is 1. The number of carboxylic acids is 1. The van der Waals surface area contributed by atoms with Crippen molar-refractivity contribution in [3.63, 3.8) is 0 Å². The van der Waals surface area contributed by atoms with Gasteiger partial charge in [0.2, 0.25) is 11.8 Å². The highest BCUT2D eigenvalue weighted by Crippen LogP contribution is 2.17. The number of aromatic amines is 1. The van der Waals surface area contributed by atoms with Crippen LogP contribution in [0.1, 0.15) is 24.2 Å². The molecule has 1 saturated heterocycles. The smallest absolute Gasteiger partial charge is 0.329 e. The molecule has 2 amide bonds. The van der Waals surface area contributed by atoms with E-state index < -0.39 is 12.0 Å². The summed E-state index contributed by atoms with van der Waals surface area (Å²) in [6.07, 6.45) is 1.10. The maximum absolute atomic E-state index is 13.4. The third kappa shape index (κ3) is 6.57. The summed E-state index contributed by atoms with van der Waals surface area (Å²) in [5, 5.41) is 21.2. The van der Waals surface area contributed by atoms with E-state index in [-0.39, 0.29) is 43.1 Å². The summed E-state index contributed by atoms with van der Waals surface area (Å²) >= 11 is 0. The number of aromatic hydroxyl groups is 1. The Morgan fingerprint density at radius 3 is 2.51 bits per heavy atom.